The molecule has 0 aliphatic carbocycles. The normalized spacial score (nSPS) is 14.8. The zero-order valence-electron chi connectivity index (χ0n) is 16.8. The van der Waals surface area contributed by atoms with Crippen LogP contribution in [0.15, 0.2) is 59.0 Å². The fourth-order valence-electron chi connectivity index (χ4n) is 3.74. The number of carbonyl (C=O) groups excluding carboxylic acids is 1. The number of rotatable bonds is 6. The van der Waals surface area contributed by atoms with Gasteiger partial charge in [0.1, 0.15) is 11.5 Å². The highest BCUT2D eigenvalue weighted by atomic mass is 35.5. The molecule has 156 valence electrons. The minimum Gasteiger partial charge on any atom is -0.445 e. The first-order valence-electron chi connectivity index (χ1n) is 10.3. The lowest BCUT2D eigenvalue weighted by atomic mass is 10.1. The molecule has 5 nitrogen and oxygen atoms in total. The van der Waals surface area contributed by atoms with E-state index in [0.717, 1.165) is 16.8 Å². The second kappa shape index (κ2) is 9.45. The van der Waals surface area contributed by atoms with Gasteiger partial charge in [0.2, 0.25) is 5.91 Å². The van der Waals surface area contributed by atoms with Gasteiger partial charge in [-0.15, -0.1) is 0 Å². The lowest BCUT2D eigenvalue weighted by molar-refractivity contribution is -0.133. The number of hydrogen-bond acceptors (Lipinski definition) is 4. The number of halogens is 1. The molecular weight excluding hydrogens is 400 g/mol. The maximum atomic E-state index is 12.6. The Kier molecular flexibility index (Phi) is 6.50. The molecule has 6 heteroatoms. The van der Waals surface area contributed by atoms with Crippen molar-refractivity contribution in [1.29, 1.82) is 0 Å². The van der Waals surface area contributed by atoms with Gasteiger partial charge in [-0.3, -0.25) is 4.79 Å². The molecule has 0 atom stereocenters. The van der Waals surface area contributed by atoms with E-state index < -0.39 is 0 Å². The Morgan fingerprint density at radius 2 is 1.80 bits per heavy atom. The van der Waals surface area contributed by atoms with Crippen molar-refractivity contribution < 1.29 is 14.3 Å². The second-order valence-electron chi connectivity index (χ2n) is 7.66. The molecule has 0 radical (unpaired) electrons. The standard InChI is InChI=1S/C24H25ClN2O3/c25-19-8-6-18(7-9-19)24-21(10-11-23(29)27-14-12-20(28)13-15-27)30-22(26-24)16-17-4-2-1-3-5-17/h1-9,20,28H,10-16H2. The summed E-state index contributed by atoms with van der Waals surface area (Å²) in [6.45, 7) is 1.22. The molecule has 0 unspecified atom stereocenters. The molecule has 0 spiro atoms. The molecule has 1 aromatic heterocycles. The average molecular weight is 425 g/mol. The number of likely N-dealkylation sites (tertiary alicyclic amines) is 1. The average Bonchev–Trinajstić information content (AvgIpc) is 3.16. The maximum absolute atomic E-state index is 12.6. The lowest BCUT2D eigenvalue weighted by Crippen LogP contribution is -2.40. The molecule has 0 bridgehead atoms. The van der Waals surface area contributed by atoms with Gasteiger partial charge >= 0.3 is 0 Å². The highest BCUT2D eigenvalue weighted by Gasteiger charge is 2.23. The third-order valence-corrected chi connectivity index (χ3v) is 5.69. The van der Waals surface area contributed by atoms with Crippen molar-refractivity contribution in [3.05, 3.63) is 76.8 Å². The van der Waals surface area contributed by atoms with Crippen LogP contribution >= 0.6 is 11.6 Å². The monoisotopic (exact) mass is 424 g/mol. The SMILES string of the molecule is O=C(CCc1oc(Cc2ccccc2)nc1-c1ccc(Cl)cc1)N1CCC(O)CC1. The molecule has 30 heavy (non-hydrogen) atoms. The zero-order chi connectivity index (χ0) is 20.9. The van der Waals surface area contributed by atoms with E-state index in [1.165, 1.54) is 0 Å². The van der Waals surface area contributed by atoms with Crippen LogP contribution in [0.2, 0.25) is 5.02 Å². The summed E-state index contributed by atoms with van der Waals surface area (Å²) in [7, 11) is 0. The molecule has 1 aliphatic heterocycles. The quantitative estimate of drug-likeness (QED) is 0.632. The number of amides is 1. The van der Waals surface area contributed by atoms with Gasteiger partial charge in [-0.2, -0.15) is 0 Å². The first kappa shape index (κ1) is 20.6. The summed E-state index contributed by atoms with van der Waals surface area (Å²) in [4.78, 5) is 19.2. The number of aryl methyl sites for hydroxylation is 1. The van der Waals surface area contributed by atoms with Gasteiger partial charge in [-0.05, 0) is 30.5 Å². The third kappa shape index (κ3) is 5.10. The number of piperidine rings is 1. The van der Waals surface area contributed by atoms with Crippen LogP contribution in [0.1, 0.15) is 36.5 Å². The molecule has 3 aromatic rings. The van der Waals surface area contributed by atoms with Gasteiger partial charge in [-0.1, -0.05) is 54.1 Å². The van der Waals surface area contributed by atoms with Crippen molar-refractivity contribution in [2.45, 2.75) is 38.2 Å². The van der Waals surface area contributed by atoms with Gasteiger partial charge in [0.05, 0.1) is 6.10 Å². The summed E-state index contributed by atoms with van der Waals surface area (Å²) < 4.78 is 6.10. The Labute approximate surface area is 181 Å². The van der Waals surface area contributed by atoms with Crippen molar-refractivity contribution in [1.82, 2.24) is 9.88 Å². The van der Waals surface area contributed by atoms with E-state index in [1.807, 2.05) is 59.5 Å². The van der Waals surface area contributed by atoms with Gasteiger partial charge in [0.15, 0.2) is 5.89 Å². The number of hydrogen-bond donors (Lipinski definition) is 1. The Morgan fingerprint density at radius 1 is 1.10 bits per heavy atom. The van der Waals surface area contributed by atoms with Crippen LogP contribution < -0.4 is 0 Å². The first-order chi connectivity index (χ1) is 14.6. The Hall–Kier alpha value is -2.63. The number of nitrogens with zero attached hydrogens (tertiary/aromatic N) is 2. The molecule has 2 aromatic carbocycles. The fourth-order valence-corrected chi connectivity index (χ4v) is 3.87. The predicted octanol–water partition coefficient (Wildman–Crippen LogP) is 4.50. The summed E-state index contributed by atoms with van der Waals surface area (Å²) in [6, 6.07) is 17.6. The van der Waals surface area contributed by atoms with Crippen molar-refractivity contribution in [2.75, 3.05) is 13.1 Å². The van der Waals surface area contributed by atoms with E-state index in [4.69, 9.17) is 21.0 Å². The van der Waals surface area contributed by atoms with Crippen molar-refractivity contribution in [2.24, 2.45) is 0 Å². The third-order valence-electron chi connectivity index (χ3n) is 5.44. The minimum atomic E-state index is -0.291. The van der Waals surface area contributed by atoms with Crippen LogP contribution in [0.5, 0.6) is 0 Å². The second-order valence-corrected chi connectivity index (χ2v) is 8.10. The topological polar surface area (TPSA) is 66.6 Å². The largest absolute Gasteiger partial charge is 0.445 e. The molecular formula is C24H25ClN2O3. The van der Waals surface area contributed by atoms with Crippen LogP contribution in [-0.2, 0) is 17.6 Å². The van der Waals surface area contributed by atoms with Crippen molar-refractivity contribution >= 4 is 17.5 Å². The van der Waals surface area contributed by atoms with Crippen LogP contribution in [0.25, 0.3) is 11.3 Å². The van der Waals surface area contributed by atoms with Crippen LogP contribution in [0.4, 0.5) is 0 Å². The summed E-state index contributed by atoms with van der Waals surface area (Å²) in [5.41, 5.74) is 2.81. The van der Waals surface area contributed by atoms with Crippen molar-refractivity contribution in [3.8, 4) is 11.3 Å². The Morgan fingerprint density at radius 3 is 2.50 bits per heavy atom. The summed E-state index contributed by atoms with van der Waals surface area (Å²) in [6.07, 6.45) is 2.44. The molecule has 1 amide bonds. The van der Waals surface area contributed by atoms with Crippen LogP contribution in [0, 0.1) is 0 Å². The van der Waals surface area contributed by atoms with E-state index in [9.17, 15) is 9.90 Å². The molecule has 1 aliphatic rings. The van der Waals surface area contributed by atoms with Gasteiger partial charge in [0.25, 0.3) is 0 Å². The van der Waals surface area contributed by atoms with E-state index in [1.54, 1.807) is 0 Å². The number of carbonyl (C=O) groups is 1. The molecule has 2 heterocycles. The maximum Gasteiger partial charge on any atom is 0.223 e. The molecule has 1 saturated heterocycles. The lowest BCUT2D eigenvalue weighted by Gasteiger charge is -2.29. The highest BCUT2D eigenvalue weighted by molar-refractivity contribution is 6.30. The minimum absolute atomic E-state index is 0.0879. The predicted molar refractivity (Wildman–Crippen MR) is 116 cm³/mol. The van der Waals surface area contributed by atoms with Crippen LogP contribution in [0.3, 0.4) is 0 Å². The number of aromatic nitrogens is 1. The summed E-state index contributed by atoms with van der Waals surface area (Å²) >= 11 is 6.04. The molecule has 1 fully saturated rings. The zero-order valence-corrected chi connectivity index (χ0v) is 17.5. The molecule has 1 N–H and O–H groups in total. The number of aliphatic hydroxyl groups is 1. The number of aliphatic hydroxyl groups excluding tert-OH is 1. The van der Waals surface area contributed by atoms with Gasteiger partial charge in [-0.25, -0.2) is 4.98 Å². The summed E-state index contributed by atoms with van der Waals surface area (Å²) in [5.74, 6) is 1.44. The Balaban J connectivity index is 1.52. The van der Waals surface area contributed by atoms with Gasteiger partial charge in [0, 0.05) is 42.9 Å². The van der Waals surface area contributed by atoms with Crippen molar-refractivity contribution in [3.63, 3.8) is 0 Å². The summed E-state index contributed by atoms with van der Waals surface area (Å²) in [5, 5.41) is 10.3. The first-order valence-corrected chi connectivity index (χ1v) is 10.7. The van der Waals surface area contributed by atoms with E-state index in [-0.39, 0.29) is 12.0 Å². The van der Waals surface area contributed by atoms with E-state index in [2.05, 4.69) is 0 Å². The van der Waals surface area contributed by atoms with Crippen LogP contribution in [-0.4, -0.2) is 40.1 Å². The molecule has 4 rings (SSSR count). The number of oxazole rings is 1. The fraction of sp³-hybridized carbons (Fsp3) is 0.333. The van der Waals surface area contributed by atoms with E-state index in [0.29, 0.717) is 61.9 Å². The smallest absolute Gasteiger partial charge is 0.223 e. The Bertz CT molecular complexity index is 977. The van der Waals surface area contributed by atoms with Gasteiger partial charge < -0.3 is 14.4 Å². The molecule has 0 saturated carbocycles. The highest BCUT2D eigenvalue weighted by Crippen LogP contribution is 2.28. The van der Waals surface area contributed by atoms with E-state index >= 15 is 0 Å². The number of benzene rings is 2.